The highest BCUT2D eigenvalue weighted by molar-refractivity contribution is 6.29. The number of hydrogen-bond donors (Lipinski definition) is 2. The van der Waals surface area contributed by atoms with Crippen molar-refractivity contribution in [3.05, 3.63) is 17.5 Å². The van der Waals surface area contributed by atoms with E-state index in [1.807, 2.05) is 0 Å². The van der Waals surface area contributed by atoms with Crippen LogP contribution in [0.3, 0.4) is 0 Å². The largest absolute Gasteiger partial charge is 0.365 e. The fraction of sp³-hybridized carbons (Fsp3) is 0.556. The van der Waals surface area contributed by atoms with Crippen molar-refractivity contribution in [1.29, 1.82) is 0 Å². The molecule has 5 heteroatoms. The third kappa shape index (κ3) is 2.56. The number of nitrogens with one attached hydrogen (secondary N) is 2. The Bertz CT molecular complexity index is 299. The molecule has 1 saturated heterocycles. The van der Waals surface area contributed by atoms with Crippen LogP contribution in [0.1, 0.15) is 12.8 Å². The minimum atomic E-state index is 0.429. The monoisotopic (exact) mass is 212 g/mol. The summed E-state index contributed by atoms with van der Waals surface area (Å²) in [5.41, 5.74) is 0. The smallest absolute Gasteiger partial charge is 0.149 e. The second kappa shape index (κ2) is 4.57. The zero-order chi connectivity index (χ0) is 9.80. The fourth-order valence-corrected chi connectivity index (χ4v) is 1.74. The molecule has 0 saturated carbocycles. The molecule has 4 nitrogen and oxygen atoms in total. The van der Waals surface area contributed by atoms with Crippen molar-refractivity contribution in [3.8, 4) is 0 Å². The van der Waals surface area contributed by atoms with Gasteiger partial charge in [-0.05, 0) is 19.4 Å². The minimum absolute atomic E-state index is 0.429. The first kappa shape index (κ1) is 9.68. The Morgan fingerprint density at radius 1 is 1.50 bits per heavy atom. The zero-order valence-electron chi connectivity index (χ0n) is 7.83. The first-order valence-corrected chi connectivity index (χ1v) is 5.17. The quantitative estimate of drug-likeness (QED) is 0.776. The van der Waals surface area contributed by atoms with E-state index in [9.17, 15) is 0 Å². The number of halogens is 1. The predicted octanol–water partition coefficient (Wildman–Crippen LogP) is 1.29. The maximum atomic E-state index is 5.73. The van der Waals surface area contributed by atoms with Gasteiger partial charge >= 0.3 is 0 Å². The van der Waals surface area contributed by atoms with E-state index < -0.39 is 0 Å². The fourth-order valence-electron chi connectivity index (χ4n) is 1.60. The summed E-state index contributed by atoms with van der Waals surface area (Å²) in [6.07, 6.45) is 5.60. The highest BCUT2D eigenvalue weighted by Gasteiger charge is 2.12. The normalized spacial score (nSPS) is 21.9. The van der Waals surface area contributed by atoms with Gasteiger partial charge < -0.3 is 10.6 Å². The molecule has 1 unspecified atom stereocenters. The summed E-state index contributed by atoms with van der Waals surface area (Å²) in [4.78, 5) is 8.10. The third-order valence-corrected chi connectivity index (χ3v) is 2.44. The van der Waals surface area contributed by atoms with Crippen LogP contribution >= 0.6 is 11.6 Å². The predicted molar refractivity (Wildman–Crippen MR) is 56.6 cm³/mol. The molecule has 2 N–H and O–H groups in total. The van der Waals surface area contributed by atoms with Gasteiger partial charge in [-0.25, -0.2) is 4.98 Å². The second-order valence-corrected chi connectivity index (χ2v) is 3.80. The Labute approximate surface area is 88.1 Å². The summed E-state index contributed by atoms with van der Waals surface area (Å²) in [6.45, 7) is 2.09. The molecule has 0 radical (unpaired) electrons. The van der Waals surface area contributed by atoms with Crippen molar-refractivity contribution in [3.63, 3.8) is 0 Å². The third-order valence-electron chi connectivity index (χ3n) is 2.25. The van der Waals surface area contributed by atoms with Crippen LogP contribution in [0.15, 0.2) is 12.4 Å². The van der Waals surface area contributed by atoms with Crippen LogP contribution in [0.2, 0.25) is 5.15 Å². The van der Waals surface area contributed by atoms with E-state index in [1.54, 1.807) is 6.20 Å². The number of piperidine rings is 1. The molecule has 0 aromatic carbocycles. The van der Waals surface area contributed by atoms with E-state index in [2.05, 4.69) is 20.6 Å². The van der Waals surface area contributed by atoms with Gasteiger partial charge in [0.1, 0.15) is 11.0 Å². The van der Waals surface area contributed by atoms with E-state index in [0.717, 1.165) is 18.9 Å². The molecule has 76 valence electrons. The average molecular weight is 213 g/mol. The van der Waals surface area contributed by atoms with Gasteiger partial charge in [0.25, 0.3) is 0 Å². The molecular formula is C9H13ClN4. The standard InChI is InChI=1S/C9H13ClN4/c10-8-5-12-6-9(14-8)13-7-2-1-3-11-4-7/h5-7,11H,1-4H2,(H,13,14). The van der Waals surface area contributed by atoms with Crippen molar-refractivity contribution in [2.75, 3.05) is 18.4 Å². The number of rotatable bonds is 2. The molecule has 14 heavy (non-hydrogen) atoms. The first-order valence-electron chi connectivity index (χ1n) is 4.79. The van der Waals surface area contributed by atoms with E-state index in [0.29, 0.717) is 11.2 Å². The molecule has 2 rings (SSSR count). The number of aromatic nitrogens is 2. The number of hydrogen-bond acceptors (Lipinski definition) is 4. The van der Waals surface area contributed by atoms with Gasteiger partial charge in [-0.15, -0.1) is 0 Å². The molecule has 1 aliphatic rings. The molecule has 0 amide bonds. The van der Waals surface area contributed by atoms with Crippen molar-refractivity contribution in [2.24, 2.45) is 0 Å². The average Bonchev–Trinajstić information content (AvgIpc) is 2.19. The minimum Gasteiger partial charge on any atom is -0.365 e. The van der Waals surface area contributed by atoms with Crippen LogP contribution < -0.4 is 10.6 Å². The van der Waals surface area contributed by atoms with Crippen molar-refractivity contribution in [1.82, 2.24) is 15.3 Å². The number of nitrogens with zero attached hydrogens (tertiary/aromatic N) is 2. The summed E-state index contributed by atoms with van der Waals surface area (Å²) in [6, 6.07) is 0.441. The Morgan fingerprint density at radius 2 is 2.43 bits per heavy atom. The Balaban J connectivity index is 1.95. The molecule has 1 aromatic heterocycles. The Kier molecular flexibility index (Phi) is 3.16. The summed E-state index contributed by atoms with van der Waals surface area (Å²) >= 11 is 5.73. The molecule has 1 aliphatic heterocycles. The molecule has 1 atom stereocenters. The van der Waals surface area contributed by atoms with Crippen molar-refractivity contribution in [2.45, 2.75) is 18.9 Å². The first-order chi connectivity index (χ1) is 6.84. The van der Waals surface area contributed by atoms with Gasteiger partial charge in [-0.3, -0.25) is 4.98 Å². The maximum Gasteiger partial charge on any atom is 0.149 e. The van der Waals surface area contributed by atoms with Gasteiger partial charge in [0, 0.05) is 12.6 Å². The number of anilines is 1. The second-order valence-electron chi connectivity index (χ2n) is 3.41. The van der Waals surface area contributed by atoms with E-state index in [1.165, 1.54) is 19.0 Å². The summed E-state index contributed by atoms with van der Waals surface area (Å²) in [7, 11) is 0. The highest BCUT2D eigenvalue weighted by Crippen LogP contribution is 2.11. The van der Waals surface area contributed by atoms with Crippen molar-refractivity contribution >= 4 is 17.4 Å². The van der Waals surface area contributed by atoms with E-state index >= 15 is 0 Å². The molecule has 0 spiro atoms. The Hall–Kier alpha value is -0.870. The molecule has 0 bridgehead atoms. The van der Waals surface area contributed by atoms with Gasteiger partial charge in [0.2, 0.25) is 0 Å². The summed E-state index contributed by atoms with van der Waals surface area (Å²) in [5.74, 6) is 0.756. The van der Waals surface area contributed by atoms with Crippen LogP contribution in [0.5, 0.6) is 0 Å². The molecule has 2 heterocycles. The van der Waals surface area contributed by atoms with Gasteiger partial charge in [0.15, 0.2) is 0 Å². The lowest BCUT2D eigenvalue weighted by Gasteiger charge is -2.23. The SMILES string of the molecule is Clc1cncc(NC2CCCNC2)n1. The lowest BCUT2D eigenvalue weighted by Crippen LogP contribution is -2.38. The molecular weight excluding hydrogens is 200 g/mol. The van der Waals surface area contributed by atoms with Crippen LogP contribution in [0, 0.1) is 0 Å². The van der Waals surface area contributed by atoms with Crippen LogP contribution in [0.25, 0.3) is 0 Å². The van der Waals surface area contributed by atoms with Gasteiger partial charge in [-0.1, -0.05) is 11.6 Å². The van der Waals surface area contributed by atoms with Crippen LogP contribution in [-0.4, -0.2) is 29.1 Å². The van der Waals surface area contributed by atoms with Crippen LogP contribution in [0.4, 0.5) is 5.82 Å². The van der Waals surface area contributed by atoms with Gasteiger partial charge in [0.05, 0.1) is 12.4 Å². The van der Waals surface area contributed by atoms with Crippen LogP contribution in [-0.2, 0) is 0 Å². The topological polar surface area (TPSA) is 49.8 Å². The molecule has 0 aliphatic carbocycles. The lowest BCUT2D eigenvalue weighted by atomic mass is 10.1. The van der Waals surface area contributed by atoms with E-state index in [4.69, 9.17) is 11.6 Å². The summed E-state index contributed by atoms with van der Waals surface area (Å²) < 4.78 is 0. The highest BCUT2D eigenvalue weighted by atomic mass is 35.5. The molecule has 1 fully saturated rings. The molecule has 1 aromatic rings. The summed E-state index contributed by atoms with van der Waals surface area (Å²) in [5, 5.41) is 7.06. The van der Waals surface area contributed by atoms with Gasteiger partial charge in [-0.2, -0.15) is 0 Å². The van der Waals surface area contributed by atoms with E-state index in [-0.39, 0.29) is 0 Å². The van der Waals surface area contributed by atoms with Crippen molar-refractivity contribution < 1.29 is 0 Å². The maximum absolute atomic E-state index is 5.73. The zero-order valence-corrected chi connectivity index (χ0v) is 8.59. The lowest BCUT2D eigenvalue weighted by molar-refractivity contribution is 0.479. The Morgan fingerprint density at radius 3 is 3.14 bits per heavy atom.